The normalized spacial score (nSPS) is 17.2. The number of piperazine rings is 1. The number of nitrogens with zero attached hydrogens (tertiary/aromatic N) is 7. The summed E-state index contributed by atoms with van der Waals surface area (Å²) in [5.74, 6) is 1.25. The molecule has 9 heteroatoms. The molecule has 6 rings (SSSR count). The number of imidazole rings is 1. The van der Waals surface area contributed by atoms with Crippen LogP contribution < -0.4 is 10.2 Å². The van der Waals surface area contributed by atoms with E-state index in [-0.39, 0.29) is 5.82 Å². The molecule has 0 atom stereocenters. The van der Waals surface area contributed by atoms with Crippen molar-refractivity contribution in [1.29, 1.82) is 0 Å². The Morgan fingerprint density at radius 3 is 2.58 bits per heavy atom. The van der Waals surface area contributed by atoms with Gasteiger partial charge in [-0.25, -0.2) is 9.37 Å². The van der Waals surface area contributed by atoms with Gasteiger partial charge in [0.2, 0.25) is 5.95 Å². The first-order chi connectivity index (χ1) is 17.6. The summed E-state index contributed by atoms with van der Waals surface area (Å²) >= 11 is 0. The highest BCUT2D eigenvalue weighted by Crippen LogP contribution is 2.33. The lowest BCUT2D eigenvalue weighted by atomic mass is 10.1. The molecule has 0 unspecified atom stereocenters. The number of halogens is 1. The molecule has 1 saturated heterocycles. The Labute approximate surface area is 210 Å². The quantitative estimate of drug-likeness (QED) is 0.430. The van der Waals surface area contributed by atoms with Gasteiger partial charge < -0.3 is 19.7 Å². The molecule has 1 aromatic carbocycles. The first kappa shape index (κ1) is 22.8. The molecule has 0 spiro atoms. The third-order valence-electron chi connectivity index (χ3n) is 7.32. The average Bonchev–Trinajstić information content (AvgIpc) is 3.58. The fourth-order valence-electron chi connectivity index (χ4n) is 5.16. The lowest BCUT2D eigenvalue weighted by Crippen LogP contribution is -2.45. The van der Waals surface area contributed by atoms with Gasteiger partial charge in [-0.2, -0.15) is 9.97 Å². The van der Waals surface area contributed by atoms with E-state index in [1.54, 1.807) is 6.07 Å². The molecule has 4 aromatic rings. The summed E-state index contributed by atoms with van der Waals surface area (Å²) < 4.78 is 15.8. The molecule has 4 heterocycles. The van der Waals surface area contributed by atoms with Gasteiger partial charge in [-0.05, 0) is 43.7 Å². The third-order valence-corrected chi connectivity index (χ3v) is 7.32. The number of rotatable bonds is 6. The van der Waals surface area contributed by atoms with E-state index >= 15 is 0 Å². The molecule has 1 aliphatic heterocycles. The number of fused-ring (bicyclic) bond motifs is 1. The van der Waals surface area contributed by atoms with Crippen molar-refractivity contribution in [2.75, 3.05) is 43.4 Å². The molecule has 1 aliphatic carbocycles. The standard InChI is InChI=1S/C27H31FN8/c1-34-11-13-35(14-12-34)27-32-25(24-26(33-27)36(18-31-24)22-7-2-3-8-22)30-17-19-9-10-23(29-16-19)20-5-4-6-21(28)15-20/h4-6,9-10,15-16,18,22H,2-3,7-8,11-14,17H2,1H3,(H,30,32,33). The molecule has 2 fully saturated rings. The van der Waals surface area contributed by atoms with Gasteiger partial charge in [0.1, 0.15) is 5.82 Å². The monoisotopic (exact) mass is 486 g/mol. The first-order valence-corrected chi connectivity index (χ1v) is 12.8. The maximum absolute atomic E-state index is 13.6. The molecule has 36 heavy (non-hydrogen) atoms. The van der Waals surface area contributed by atoms with Crippen LogP contribution in [-0.4, -0.2) is 62.6 Å². The van der Waals surface area contributed by atoms with Gasteiger partial charge in [0.15, 0.2) is 17.0 Å². The zero-order valence-corrected chi connectivity index (χ0v) is 20.6. The number of likely N-dealkylation sites (N-methyl/N-ethyl adjacent to an activating group) is 1. The van der Waals surface area contributed by atoms with Crippen molar-refractivity contribution in [3.8, 4) is 11.3 Å². The molecule has 1 saturated carbocycles. The van der Waals surface area contributed by atoms with Crippen LogP contribution in [-0.2, 0) is 6.54 Å². The number of nitrogens with one attached hydrogen (secondary N) is 1. The second-order valence-electron chi connectivity index (χ2n) is 9.84. The smallest absolute Gasteiger partial charge is 0.229 e. The number of aromatic nitrogens is 5. The lowest BCUT2D eigenvalue weighted by molar-refractivity contribution is 0.311. The molecular formula is C27H31FN8. The second kappa shape index (κ2) is 9.81. The van der Waals surface area contributed by atoms with E-state index in [1.807, 2.05) is 30.7 Å². The molecule has 0 amide bonds. The van der Waals surface area contributed by atoms with Crippen molar-refractivity contribution in [1.82, 2.24) is 29.4 Å². The summed E-state index contributed by atoms with van der Waals surface area (Å²) in [6.07, 6.45) is 8.61. The van der Waals surface area contributed by atoms with Crippen LogP contribution >= 0.6 is 0 Å². The van der Waals surface area contributed by atoms with E-state index < -0.39 is 0 Å². The van der Waals surface area contributed by atoms with Crippen LogP contribution in [0.2, 0.25) is 0 Å². The van der Waals surface area contributed by atoms with Crippen molar-refractivity contribution in [3.63, 3.8) is 0 Å². The molecule has 3 aromatic heterocycles. The van der Waals surface area contributed by atoms with Crippen LogP contribution in [0.5, 0.6) is 0 Å². The van der Waals surface area contributed by atoms with Gasteiger partial charge in [0.05, 0.1) is 12.0 Å². The summed E-state index contributed by atoms with van der Waals surface area (Å²) in [7, 11) is 2.15. The van der Waals surface area contributed by atoms with E-state index in [1.165, 1.54) is 37.8 Å². The maximum atomic E-state index is 13.6. The van der Waals surface area contributed by atoms with E-state index in [0.29, 0.717) is 12.6 Å². The van der Waals surface area contributed by atoms with Crippen LogP contribution in [0.3, 0.4) is 0 Å². The third kappa shape index (κ3) is 4.63. The van der Waals surface area contributed by atoms with Crippen LogP contribution in [0.15, 0.2) is 48.9 Å². The Kier molecular flexibility index (Phi) is 6.23. The van der Waals surface area contributed by atoms with Crippen molar-refractivity contribution >= 4 is 22.9 Å². The molecule has 1 N–H and O–H groups in total. The first-order valence-electron chi connectivity index (χ1n) is 12.8. The van der Waals surface area contributed by atoms with Gasteiger partial charge in [0, 0.05) is 50.5 Å². The van der Waals surface area contributed by atoms with Gasteiger partial charge in [-0.1, -0.05) is 31.0 Å². The van der Waals surface area contributed by atoms with Crippen LogP contribution in [0.25, 0.3) is 22.4 Å². The molecule has 8 nitrogen and oxygen atoms in total. The minimum atomic E-state index is -0.263. The zero-order valence-electron chi connectivity index (χ0n) is 20.6. The Bertz CT molecular complexity index is 1340. The highest BCUT2D eigenvalue weighted by molar-refractivity contribution is 5.84. The molecule has 0 radical (unpaired) electrons. The van der Waals surface area contributed by atoms with E-state index in [4.69, 9.17) is 15.0 Å². The van der Waals surface area contributed by atoms with Gasteiger partial charge in [-0.15, -0.1) is 0 Å². The average molecular weight is 487 g/mol. The van der Waals surface area contributed by atoms with E-state index in [0.717, 1.165) is 65.9 Å². The number of hydrogen-bond donors (Lipinski definition) is 1. The largest absolute Gasteiger partial charge is 0.364 e. The minimum Gasteiger partial charge on any atom is -0.364 e. The van der Waals surface area contributed by atoms with E-state index in [9.17, 15) is 4.39 Å². The van der Waals surface area contributed by atoms with E-state index in [2.05, 4.69) is 31.7 Å². The number of pyridine rings is 1. The highest BCUT2D eigenvalue weighted by Gasteiger charge is 2.24. The summed E-state index contributed by atoms with van der Waals surface area (Å²) in [5.41, 5.74) is 4.24. The Morgan fingerprint density at radius 2 is 1.83 bits per heavy atom. The van der Waals surface area contributed by atoms with Gasteiger partial charge in [0.25, 0.3) is 0 Å². The highest BCUT2D eigenvalue weighted by atomic mass is 19.1. The maximum Gasteiger partial charge on any atom is 0.229 e. The zero-order chi connectivity index (χ0) is 24.5. The summed E-state index contributed by atoms with van der Waals surface area (Å²) in [5, 5.41) is 3.50. The number of hydrogen-bond acceptors (Lipinski definition) is 7. The fourth-order valence-corrected chi connectivity index (χ4v) is 5.16. The Balaban J connectivity index is 1.27. The molecular weight excluding hydrogens is 455 g/mol. The summed E-state index contributed by atoms with van der Waals surface area (Å²) in [6.45, 7) is 4.36. The lowest BCUT2D eigenvalue weighted by Gasteiger charge is -2.32. The second-order valence-corrected chi connectivity index (χ2v) is 9.84. The predicted molar refractivity (Wildman–Crippen MR) is 139 cm³/mol. The Hall–Kier alpha value is -3.59. The predicted octanol–water partition coefficient (Wildman–Crippen LogP) is 4.51. The SMILES string of the molecule is CN1CCN(c2nc(NCc3ccc(-c4cccc(F)c4)nc3)c3ncn(C4CCCC4)c3n2)CC1. The van der Waals surface area contributed by atoms with Crippen LogP contribution in [0.1, 0.15) is 37.3 Å². The Morgan fingerprint density at radius 1 is 1.00 bits per heavy atom. The van der Waals surface area contributed by atoms with Crippen molar-refractivity contribution in [3.05, 3.63) is 60.3 Å². The van der Waals surface area contributed by atoms with Crippen LogP contribution in [0.4, 0.5) is 16.2 Å². The molecule has 2 aliphatic rings. The summed E-state index contributed by atoms with van der Waals surface area (Å²) in [6, 6.07) is 10.9. The van der Waals surface area contributed by atoms with Crippen molar-refractivity contribution < 1.29 is 4.39 Å². The van der Waals surface area contributed by atoms with Crippen LogP contribution in [0, 0.1) is 5.82 Å². The molecule has 186 valence electrons. The van der Waals surface area contributed by atoms with Crippen molar-refractivity contribution in [2.45, 2.75) is 38.3 Å². The fraction of sp³-hybridized carbons (Fsp3) is 0.407. The topological polar surface area (TPSA) is 75.0 Å². The molecule has 0 bridgehead atoms. The van der Waals surface area contributed by atoms with Gasteiger partial charge >= 0.3 is 0 Å². The number of anilines is 2. The number of benzene rings is 1. The van der Waals surface area contributed by atoms with Gasteiger partial charge in [-0.3, -0.25) is 4.98 Å². The van der Waals surface area contributed by atoms with Crippen molar-refractivity contribution in [2.24, 2.45) is 0 Å². The minimum absolute atomic E-state index is 0.263. The summed E-state index contributed by atoms with van der Waals surface area (Å²) in [4.78, 5) is 23.8.